The number of amides is 2. The number of hydrogen-bond acceptors (Lipinski definition) is 4. The Bertz CT molecular complexity index is 1020. The molecule has 0 bridgehead atoms. The second-order valence-electron chi connectivity index (χ2n) is 8.54. The number of carbonyl (C=O) groups is 2. The minimum Gasteiger partial charge on any atom is -0.353 e. The number of carbonyl (C=O) groups excluding carboxylic acids is 2. The molecule has 2 aromatic rings. The molecule has 1 aromatic carbocycles. The summed E-state index contributed by atoms with van der Waals surface area (Å²) < 4.78 is 54.0. The Morgan fingerprint density at radius 2 is 1.67 bits per heavy atom. The number of piperazine rings is 1. The van der Waals surface area contributed by atoms with E-state index in [9.17, 15) is 27.2 Å². The van der Waals surface area contributed by atoms with Crippen molar-refractivity contribution in [1.29, 1.82) is 0 Å². The lowest BCUT2D eigenvalue weighted by Gasteiger charge is -2.35. The second kappa shape index (κ2) is 10.2. The summed E-state index contributed by atoms with van der Waals surface area (Å²) in [6.45, 7) is 7.08. The van der Waals surface area contributed by atoms with Gasteiger partial charge in [-0.1, -0.05) is 13.8 Å². The zero-order chi connectivity index (χ0) is 24.3. The Labute approximate surface area is 189 Å². The minimum atomic E-state index is -2.01. The van der Waals surface area contributed by atoms with Crippen LogP contribution in [-0.2, 0) is 0 Å². The number of aromatic nitrogens is 1. The Morgan fingerprint density at radius 3 is 2.24 bits per heavy atom. The van der Waals surface area contributed by atoms with Crippen LogP contribution in [0.1, 0.15) is 47.9 Å². The summed E-state index contributed by atoms with van der Waals surface area (Å²) in [5.74, 6) is -7.36. The van der Waals surface area contributed by atoms with E-state index in [1.807, 2.05) is 11.8 Å². The summed E-state index contributed by atoms with van der Waals surface area (Å²) >= 11 is 0. The van der Waals surface area contributed by atoms with Crippen LogP contribution in [0.4, 0.5) is 23.4 Å². The molecule has 1 unspecified atom stereocenters. The lowest BCUT2D eigenvalue weighted by atomic mass is 10.1. The van der Waals surface area contributed by atoms with Gasteiger partial charge in [0.15, 0.2) is 23.3 Å². The summed E-state index contributed by atoms with van der Waals surface area (Å²) in [6, 6.07) is 3.77. The molecule has 3 rings (SSSR count). The van der Waals surface area contributed by atoms with Crippen LogP contribution in [0.15, 0.2) is 24.4 Å². The first-order valence-electron chi connectivity index (χ1n) is 10.7. The van der Waals surface area contributed by atoms with Crippen molar-refractivity contribution in [2.24, 2.45) is 5.92 Å². The third-order valence-electron chi connectivity index (χ3n) is 5.44. The number of hydrogen-bond donors (Lipinski definition) is 1. The van der Waals surface area contributed by atoms with Crippen molar-refractivity contribution < 1.29 is 27.2 Å². The van der Waals surface area contributed by atoms with E-state index in [1.54, 1.807) is 12.1 Å². The zero-order valence-corrected chi connectivity index (χ0v) is 18.7. The maximum atomic E-state index is 14.0. The van der Waals surface area contributed by atoms with Crippen LogP contribution in [0.2, 0.25) is 0 Å². The summed E-state index contributed by atoms with van der Waals surface area (Å²) in [5.41, 5.74) is -0.418. The Hall–Kier alpha value is -3.17. The Balaban J connectivity index is 1.60. The fraction of sp³-hybridized carbons (Fsp3) is 0.435. The third kappa shape index (κ3) is 5.61. The molecule has 6 nitrogen and oxygen atoms in total. The minimum absolute atomic E-state index is 0.0377. The summed E-state index contributed by atoms with van der Waals surface area (Å²) in [4.78, 5) is 32.3. The van der Waals surface area contributed by atoms with E-state index in [-0.39, 0.29) is 25.0 Å². The molecule has 178 valence electrons. The Morgan fingerprint density at radius 1 is 1.00 bits per heavy atom. The van der Waals surface area contributed by atoms with E-state index in [0.29, 0.717) is 36.5 Å². The molecular formula is C23H26F4N4O2. The number of nitrogens with one attached hydrogen (secondary N) is 1. The van der Waals surface area contributed by atoms with Crippen molar-refractivity contribution in [3.05, 3.63) is 58.8 Å². The Kier molecular flexibility index (Phi) is 7.55. The van der Waals surface area contributed by atoms with E-state index >= 15 is 0 Å². The van der Waals surface area contributed by atoms with Crippen molar-refractivity contribution in [2.45, 2.75) is 33.2 Å². The van der Waals surface area contributed by atoms with Crippen molar-refractivity contribution in [1.82, 2.24) is 15.2 Å². The van der Waals surface area contributed by atoms with E-state index < -0.39 is 34.7 Å². The van der Waals surface area contributed by atoms with Crippen LogP contribution in [0.5, 0.6) is 0 Å². The molecule has 1 aliphatic heterocycles. The molecule has 1 aliphatic rings. The molecule has 1 aromatic heterocycles. The highest BCUT2D eigenvalue weighted by Gasteiger charge is 2.28. The first-order valence-corrected chi connectivity index (χ1v) is 10.7. The molecule has 0 spiro atoms. The van der Waals surface area contributed by atoms with E-state index in [2.05, 4.69) is 24.1 Å². The van der Waals surface area contributed by atoms with Gasteiger partial charge >= 0.3 is 0 Å². The predicted octanol–water partition coefficient (Wildman–Crippen LogP) is 3.76. The van der Waals surface area contributed by atoms with E-state index in [1.165, 1.54) is 11.1 Å². The highest BCUT2D eigenvalue weighted by molar-refractivity contribution is 5.95. The first kappa shape index (κ1) is 24.5. The summed E-state index contributed by atoms with van der Waals surface area (Å²) in [6.07, 6.45) is 2.34. The monoisotopic (exact) mass is 466 g/mol. The molecule has 0 radical (unpaired) electrons. The van der Waals surface area contributed by atoms with Crippen LogP contribution >= 0.6 is 0 Å². The van der Waals surface area contributed by atoms with Gasteiger partial charge in [-0.3, -0.25) is 9.59 Å². The lowest BCUT2D eigenvalue weighted by molar-refractivity contribution is 0.0739. The van der Waals surface area contributed by atoms with Crippen molar-refractivity contribution in [3.8, 4) is 0 Å². The largest absolute Gasteiger partial charge is 0.353 e. The molecule has 33 heavy (non-hydrogen) atoms. The molecule has 1 N–H and O–H groups in total. The molecule has 0 aliphatic carbocycles. The average Bonchev–Trinajstić information content (AvgIpc) is 2.79. The zero-order valence-electron chi connectivity index (χ0n) is 18.7. The maximum absolute atomic E-state index is 14.0. The number of anilines is 1. The summed E-state index contributed by atoms with van der Waals surface area (Å²) in [5, 5.41) is 2.93. The summed E-state index contributed by atoms with van der Waals surface area (Å²) in [7, 11) is 0. The van der Waals surface area contributed by atoms with Crippen LogP contribution in [-0.4, -0.2) is 53.9 Å². The van der Waals surface area contributed by atoms with Gasteiger partial charge in [-0.15, -0.1) is 0 Å². The number of rotatable bonds is 6. The van der Waals surface area contributed by atoms with E-state index in [0.717, 1.165) is 6.42 Å². The fourth-order valence-electron chi connectivity index (χ4n) is 3.82. The van der Waals surface area contributed by atoms with Crippen LogP contribution in [0.25, 0.3) is 0 Å². The second-order valence-corrected chi connectivity index (χ2v) is 8.54. The third-order valence-corrected chi connectivity index (χ3v) is 5.44. The highest BCUT2D eigenvalue weighted by atomic mass is 19.2. The molecule has 1 saturated heterocycles. The van der Waals surface area contributed by atoms with Gasteiger partial charge in [0.1, 0.15) is 5.82 Å². The number of nitrogens with zero attached hydrogens (tertiary/aromatic N) is 3. The highest BCUT2D eigenvalue weighted by Crippen LogP contribution is 2.22. The quantitative estimate of drug-likeness (QED) is 0.400. The average molecular weight is 466 g/mol. The number of halogens is 4. The van der Waals surface area contributed by atoms with E-state index in [4.69, 9.17) is 0 Å². The van der Waals surface area contributed by atoms with Crippen molar-refractivity contribution in [3.63, 3.8) is 0 Å². The van der Waals surface area contributed by atoms with Crippen LogP contribution < -0.4 is 10.2 Å². The molecular weight excluding hydrogens is 440 g/mol. The van der Waals surface area contributed by atoms with Gasteiger partial charge in [-0.25, -0.2) is 22.5 Å². The standard InChI is InChI=1S/C23H26F4N4O2/c1-13(2)10-14(3)29-22(32)15-4-5-18(28-12-15)30-6-8-31(9-7-30)23(33)16-11-17(24)20(26)21(27)19(16)25/h4-5,11-14H,6-10H2,1-3H3,(H,29,32). The van der Waals surface area contributed by atoms with Crippen molar-refractivity contribution in [2.75, 3.05) is 31.1 Å². The molecule has 10 heteroatoms. The molecule has 2 amide bonds. The van der Waals surface area contributed by atoms with Gasteiger partial charge in [0.25, 0.3) is 11.8 Å². The van der Waals surface area contributed by atoms with Crippen LogP contribution in [0.3, 0.4) is 0 Å². The molecule has 1 atom stereocenters. The fourth-order valence-corrected chi connectivity index (χ4v) is 3.82. The SMILES string of the molecule is CC(C)CC(C)NC(=O)c1ccc(N2CCN(C(=O)c3cc(F)c(F)c(F)c3F)CC2)nc1. The molecule has 2 heterocycles. The predicted molar refractivity (Wildman–Crippen MR) is 115 cm³/mol. The number of pyridine rings is 1. The van der Waals surface area contributed by atoms with Gasteiger partial charge in [0.2, 0.25) is 0 Å². The van der Waals surface area contributed by atoms with Crippen LogP contribution in [0, 0.1) is 29.2 Å². The molecule has 1 fully saturated rings. The number of benzene rings is 1. The normalized spacial score (nSPS) is 15.0. The topological polar surface area (TPSA) is 65.5 Å². The van der Waals surface area contributed by atoms with Gasteiger partial charge < -0.3 is 15.1 Å². The smallest absolute Gasteiger partial charge is 0.257 e. The molecule has 0 saturated carbocycles. The van der Waals surface area contributed by atoms with Gasteiger partial charge in [-0.2, -0.15) is 0 Å². The van der Waals surface area contributed by atoms with Gasteiger partial charge in [0.05, 0.1) is 11.1 Å². The maximum Gasteiger partial charge on any atom is 0.257 e. The van der Waals surface area contributed by atoms with Gasteiger partial charge in [-0.05, 0) is 37.5 Å². The van der Waals surface area contributed by atoms with Crippen molar-refractivity contribution >= 4 is 17.6 Å². The van der Waals surface area contributed by atoms with Gasteiger partial charge in [0, 0.05) is 38.4 Å². The lowest BCUT2D eigenvalue weighted by Crippen LogP contribution is -2.49. The first-order chi connectivity index (χ1) is 15.6.